The van der Waals surface area contributed by atoms with Crippen molar-refractivity contribution in [3.05, 3.63) is 12.2 Å². The largest absolute Gasteiger partial charge is 0.0851 e. The third kappa shape index (κ3) is 0.726. The van der Waals surface area contributed by atoms with E-state index in [-0.39, 0.29) is 0 Å². The molecule has 1 saturated carbocycles. The summed E-state index contributed by atoms with van der Waals surface area (Å²) >= 11 is 0. The highest BCUT2D eigenvalue weighted by atomic mass is 14.4. The first-order valence-corrected chi connectivity index (χ1v) is 4.08. The molecule has 0 N–H and O–H groups in total. The normalized spacial score (nSPS) is 46.6. The SMILES string of the molecule is CCC1CC2C=C[C@@H]1C2. The molecule has 2 rings (SSSR count). The number of hydrogen-bond acceptors (Lipinski definition) is 0. The first-order valence-electron chi connectivity index (χ1n) is 4.08. The highest BCUT2D eigenvalue weighted by Gasteiger charge is 2.33. The van der Waals surface area contributed by atoms with E-state index in [1.54, 1.807) is 0 Å². The molecule has 2 bridgehead atoms. The van der Waals surface area contributed by atoms with Crippen LogP contribution in [-0.2, 0) is 0 Å². The average Bonchev–Trinajstić information content (AvgIpc) is 2.45. The fourth-order valence-corrected chi connectivity index (χ4v) is 2.36. The van der Waals surface area contributed by atoms with Crippen molar-refractivity contribution in [2.45, 2.75) is 26.2 Å². The number of hydrogen-bond donors (Lipinski definition) is 0. The molecule has 0 aromatic rings. The third-order valence-corrected chi connectivity index (χ3v) is 2.94. The summed E-state index contributed by atoms with van der Waals surface area (Å²) in [6, 6.07) is 0. The third-order valence-electron chi connectivity index (χ3n) is 2.94. The Kier molecular flexibility index (Phi) is 1.14. The van der Waals surface area contributed by atoms with Crippen LogP contribution in [0.2, 0.25) is 0 Å². The molecule has 0 heteroatoms. The zero-order valence-electron chi connectivity index (χ0n) is 6.01. The Hall–Kier alpha value is -0.260. The maximum absolute atomic E-state index is 2.43. The van der Waals surface area contributed by atoms with Crippen LogP contribution in [0, 0.1) is 17.8 Å². The molecule has 0 saturated heterocycles. The molecule has 0 nitrogen and oxygen atoms in total. The van der Waals surface area contributed by atoms with Gasteiger partial charge < -0.3 is 0 Å². The molecule has 9 heavy (non-hydrogen) atoms. The minimum atomic E-state index is 0.972. The van der Waals surface area contributed by atoms with Gasteiger partial charge in [0.15, 0.2) is 0 Å². The molecule has 0 spiro atoms. The number of fused-ring (bicyclic) bond motifs is 2. The standard InChI is InChI=1S/C9H14/c1-2-8-5-7-3-4-9(8)6-7/h3-4,7-9H,2,5-6H2,1H3/t7?,8?,9-/m1/s1. The summed E-state index contributed by atoms with van der Waals surface area (Å²) in [5, 5.41) is 0. The van der Waals surface area contributed by atoms with Gasteiger partial charge in [-0.25, -0.2) is 0 Å². The van der Waals surface area contributed by atoms with Crippen molar-refractivity contribution in [1.29, 1.82) is 0 Å². The molecule has 0 aliphatic heterocycles. The van der Waals surface area contributed by atoms with Gasteiger partial charge in [0, 0.05) is 0 Å². The van der Waals surface area contributed by atoms with Crippen LogP contribution in [0.5, 0.6) is 0 Å². The van der Waals surface area contributed by atoms with Crippen LogP contribution < -0.4 is 0 Å². The zero-order chi connectivity index (χ0) is 6.27. The lowest BCUT2D eigenvalue weighted by Crippen LogP contribution is -2.04. The maximum Gasteiger partial charge on any atom is -0.0199 e. The summed E-state index contributed by atoms with van der Waals surface area (Å²) in [7, 11) is 0. The molecule has 2 aliphatic rings. The second kappa shape index (κ2) is 1.86. The highest BCUT2D eigenvalue weighted by molar-refractivity contribution is 5.09. The van der Waals surface area contributed by atoms with Crippen LogP contribution in [0.1, 0.15) is 26.2 Å². The maximum atomic E-state index is 2.43. The van der Waals surface area contributed by atoms with E-state index in [1.165, 1.54) is 19.3 Å². The van der Waals surface area contributed by atoms with Crippen molar-refractivity contribution >= 4 is 0 Å². The van der Waals surface area contributed by atoms with E-state index in [0.29, 0.717) is 0 Å². The van der Waals surface area contributed by atoms with Gasteiger partial charge in [0.1, 0.15) is 0 Å². The van der Waals surface area contributed by atoms with Gasteiger partial charge in [-0.2, -0.15) is 0 Å². The van der Waals surface area contributed by atoms with E-state index in [0.717, 1.165) is 17.8 Å². The lowest BCUT2D eigenvalue weighted by Gasteiger charge is -2.14. The van der Waals surface area contributed by atoms with Crippen molar-refractivity contribution in [2.24, 2.45) is 17.8 Å². The molecule has 50 valence electrons. The topological polar surface area (TPSA) is 0 Å². The molecule has 0 heterocycles. The van der Waals surface area contributed by atoms with E-state index in [9.17, 15) is 0 Å². The lowest BCUT2D eigenvalue weighted by molar-refractivity contribution is 0.434. The molecule has 1 fully saturated rings. The van der Waals surface area contributed by atoms with Crippen LogP contribution in [0.3, 0.4) is 0 Å². The van der Waals surface area contributed by atoms with Crippen molar-refractivity contribution in [3.63, 3.8) is 0 Å². The zero-order valence-corrected chi connectivity index (χ0v) is 6.01. The van der Waals surface area contributed by atoms with E-state index in [2.05, 4.69) is 19.1 Å². The summed E-state index contributed by atoms with van der Waals surface area (Å²) in [6.07, 6.45) is 9.20. The summed E-state index contributed by atoms with van der Waals surface area (Å²) in [5.74, 6) is 2.99. The molecule has 0 amide bonds. The smallest absolute Gasteiger partial charge is 0.0199 e. The Morgan fingerprint density at radius 3 is 2.56 bits per heavy atom. The highest BCUT2D eigenvalue weighted by Crippen LogP contribution is 2.44. The summed E-state index contributed by atoms with van der Waals surface area (Å²) in [5.41, 5.74) is 0. The second-order valence-corrected chi connectivity index (χ2v) is 3.45. The molecule has 2 unspecified atom stereocenters. The molecule has 0 aromatic heterocycles. The molecule has 0 radical (unpaired) electrons. The van der Waals surface area contributed by atoms with E-state index in [1.807, 2.05) is 0 Å². The van der Waals surface area contributed by atoms with Crippen molar-refractivity contribution in [1.82, 2.24) is 0 Å². The molecular formula is C9H14. The summed E-state index contributed by atoms with van der Waals surface area (Å²) in [6.45, 7) is 2.32. The minimum Gasteiger partial charge on any atom is -0.0851 e. The fraction of sp³-hybridized carbons (Fsp3) is 0.778. The lowest BCUT2D eigenvalue weighted by atomic mass is 9.91. The van der Waals surface area contributed by atoms with Gasteiger partial charge in [0.2, 0.25) is 0 Å². The van der Waals surface area contributed by atoms with E-state index >= 15 is 0 Å². The van der Waals surface area contributed by atoms with Crippen LogP contribution in [0.15, 0.2) is 12.2 Å². The van der Waals surface area contributed by atoms with Crippen LogP contribution in [0.25, 0.3) is 0 Å². The fourth-order valence-electron chi connectivity index (χ4n) is 2.36. The van der Waals surface area contributed by atoms with Gasteiger partial charge in [-0.05, 0) is 30.6 Å². The predicted molar refractivity (Wildman–Crippen MR) is 39.1 cm³/mol. The van der Waals surface area contributed by atoms with Gasteiger partial charge in [0.25, 0.3) is 0 Å². The van der Waals surface area contributed by atoms with E-state index < -0.39 is 0 Å². The Balaban J connectivity index is 2.10. The van der Waals surface area contributed by atoms with Gasteiger partial charge >= 0.3 is 0 Å². The van der Waals surface area contributed by atoms with Gasteiger partial charge in [0.05, 0.1) is 0 Å². The summed E-state index contributed by atoms with van der Waals surface area (Å²) in [4.78, 5) is 0. The predicted octanol–water partition coefficient (Wildman–Crippen LogP) is 2.61. The summed E-state index contributed by atoms with van der Waals surface area (Å²) < 4.78 is 0. The molecule has 2 aliphatic carbocycles. The average molecular weight is 122 g/mol. The van der Waals surface area contributed by atoms with Gasteiger partial charge in [-0.3, -0.25) is 0 Å². The van der Waals surface area contributed by atoms with Crippen molar-refractivity contribution < 1.29 is 0 Å². The van der Waals surface area contributed by atoms with Crippen molar-refractivity contribution in [3.8, 4) is 0 Å². The molecule has 0 aromatic carbocycles. The monoisotopic (exact) mass is 122 g/mol. The van der Waals surface area contributed by atoms with Gasteiger partial charge in [-0.1, -0.05) is 25.5 Å². The quantitative estimate of drug-likeness (QED) is 0.469. The van der Waals surface area contributed by atoms with Crippen LogP contribution in [0.4, 0.5) is 0 Å². The Bertz CT molecular complexity index is 135. The Morgan fingerprint density at radius 1 is 1.33 bits per heavy atom. The van der Waals surface area contributed by atoms with Gasteiger partial charge in [-0.15, -0.1) is 0 Å². The van der Waals surface area contributed by atoms with Crippen molar-refractivity contribution in [2.75, 3.05) is 0 Å². The Morgan fingerprint density at radius 2 is 2.22 bits per heavy atom. The second-order valence-electron chi connectivity index (χ2n) is 3.45. The minimum absolute atomic E-state index is 0.972. The molecule has 3 atom stereocenters. The first-order chi connectivity index (χ1) is 4.40. The molecular weight excluding hydrogens is 108 g/mol. The number of rotatable bonds is 1. The number of allylic oxidation sites excluding steroid dienone is 2. The Labute approximate surface area is 57.0 Å². The van der Waals surface area contributed by atoms with E-state index in [4.69, 9.17) is 0 Å². The van der Waals surface area contributed by atoms with Crippen LogP contribution in [-0.4, -0.2) is 0 Å². The first kappa shape index (κ1) is 5.52. The van der Waals surface area contributed by atoms with Crippen LogP contribution >= 0.6 is 0 Å².